The standard InChI is InChI=1S/C12H14FNO4/c1-3-18-10-8(5-4-6-9(10)13)11(15)14-7(2)12(16)17/h4-7H,3H2,1-2H3,(H,14,15)(H,16,17). The first-order valence-electron chi connectivity index (χ1n) is 5.42. The molecule has 1 aromatic rings. The van der Waals surface area contributed by atoms with Crippen LogP contribution in [0.4, 0.5) is 4.39 Å². The SMILES string of the molecule is CCOc1c(F)cccc1C(=O)NC(C)C(=O)O. The highest BCUT2D eigenvalue weighted by molar-refractivity contribution is 5.98. The third-order valence-corrected chi connectivity index (χ3v) is 2.22. The third-order valence-electron chi connectivity index (χ3n) is 2.22. The van der Waals surface area contributed by atoms with Crippen molar-refractivity contribution in [2.24, 2.45) is 0 Å². The quantitative estimate of drug-likeness (QED) is 0.834. The highest BCUT2D eigenvalue weighted by Gasteiger charge is 2.20. The fraction of sp³-hybridized carbons (Fsp3) is 0.333. The lowest BCUT2D eigenvalue weighted by molar-refractivity contribution is -0.138. The Labute approximate surface area is 104 Å². The average Bonchev–Trinajstić information content (AvgIpc) is 2.31. The zero-order valence-corrected chi connectivity index (χ0v) is 10.1. The van der Waals surface area contributed by atoms with E-state index >= 15 is 0 Å². The minimum Gasteiger partial charge on any atom is -0.490 e. The molecule has 6 heteroatoms. The average molecular weight is 255 g/mol. The second kappa shape index (κ2) is 6.00. The van der Waals surface area contributed by atoms with Crippen LogP contribution in [0.1, 0.15) is 24.2 Å². The van der Waals surface area contributed by atoms with E-state index in [4.69, 9.17) is 9.84 Å². The van der Waals surface area contributed by atoms with Crippen LogP contribution in [0.3, 0.4) is 0 Å². The molecule has 1 rings (SSSR count). The first kappa shape index (κ1) is 14.0. The number of carboxylic acid groups (broad SMARTS) is 1. The Kier molecular flexibility index (Phi) is 4.65. The van der Waals surface area contributed by atoms with Gasteiger partial charge in [0.25, 0.3) is 5.91 Å². The highest BCUT2D eigenvalue weighted by Crippen LogP contribution is 2.22. The van der Waals surface area contributed by atoms with Crippen LogP contribution < -0.4 is 10.1 Å². The predicted octanol–water partition coefficient (Wildman–Crippen LogP) is 1.43. The molecular weight excluding hydrogens is 241 g/mol. The van der Waals surface area contributed by atoms with Crippen molar-refractivity contribution in [3.63, 3.8) is 0 Å². The van der Waals surface area contributed by atoms with Gasteiger partial charge in [-0.2, -0.15) is 0 Å². The molecule has 0 saturated carbocycles. The Bertz CT molecular complexity index is 461. The zero-order valence-electron chi connectivity index (χ0n) is 10.1. The Morgan fingerprint density at radius 1 is 1.50 bits per heavy atom. The van der Waals surface area contributed by atoms with Crippen molar-refractivity contribution in [3.05, 3.63) is 29.6 Å². The lowest BCUT2D eigenvalue weighted by Crippen LogP contribution is -2.38. The second-order valence-corrected chi connectivity index (χ2v) is 3.58. The van der Waals surface area contributed by atoms with Crippen molar-refractivity contribution in [1.82, 2.24) is 5.32 Å². The van der Waals surface area contributed by atoms with Crippen molar-refractivity contribution < 1.29 is 23.8 Å². The van der Waals surface area contributed by atoms with Crippen LogP contribution in [0, 0.1) is 5.82 Å². The van der Waals surface area contributed by atoms with E-state index in [1.165, 1.54) is 25.1 Å². The number of rotatable bonds is 5. The van der Waals surface area contributed by atoms with Crippen LogP contribution in [-0.2, 0) is 4.79 Å². The molecule has 0 spiro atoms. The lowest BCUT2D eigenvalue weighted by atomic mass is 10.1. The van der Waals surface area contributed by atoms with Gasteiger partial charge in [-0.15, -0.1) is 0 Å². The summed E-state index contributed by atoms with van der Waals surface area (Å²) < 4.78 is 18.5. The summed E-state index contributed by atoms with van der Waals surface area (Å²) in [5.74, 6) is -2.69. The Hall–Kier alpha value is -2.11. The van der Waals surface area contributed by atoms with Gasteiger partial charge in [-0.25, -0.2) is 4.39 Å². The number of carbonyl (C=O) groups is 2. The van der Waals surface area contributed by atoms with E-state index in [9.17, 15) is 14.0 Å². The first-order chi connectivity index (χ1) is 8.47. The Morgan fingerprint density at radius 3 is 2.72 bits per heavy atom. The summed E-state index contributed by atoms with van der Waals surface area (Å²) in [5.41, 5.74) is -0.0232. The third kappa shape index (κ3) is 3.19. The van der Waals surface area contributed by atoms with Gasteiger partial charge in [-0.1, -0.05) is 6.07 Å². The Morgan fingerprint density at radius 2 is 2.17 bits per heavy atom. The number of carbonyl (C=O) groups excluding carboxylic acids is 1. The van der Waals surface area contributed by atoms with Gasteiger partial charge in [0.15, 0.2) is 11.6 Å². The van der Waals surface area contributed by atoms with Crippen LogP contribution in [0.15, 0.2) is 18.2 Å². The number of hydrogen-bond acceptors (Lipinski definition) is 3. The molecule has 5 nitrogen and oxygen atoms in total. The molecular formula is C12H14FNO4. The number of ether oxygens (including phenoxy) is 1. The minimum absolute atomic E-state index is 0.0232. The van der Waals surface area contributed by atoms with E-state index < -0.39 is 23.7 Å². The number of aliphatic carboxylic acids is 1. The van der Waals surface area contributed by atoms with Gasteiger partial charge in [0.2, 0.25) is 0 Å². The van der Waals surface area contributed by atoms with E-state index in [-0.39, 0.29) is 17.9 Å². The molecule has 0 aromatic heterocycles. The lowest BCUT2D eigenvalue weighted by Gasteiger charge is -2.13. The summed E-state index contributed by atoms with van der Waals surface area (Å²) in [6, 6.07) is 2.84. The molecule has 1 atom stereocenters. The molecule has 1 aromatic carbocycles. The highest BCUT2D eigenvalue weighted by atomic mass is 19.1. The normalized spacial score (nSPS) is 11.7. The Balaban J connectivity index is 2.98. The monoisotopic (exact) mass is 255 g/mol. The van der Waals surface area contributed by atoms with Crippen LogP contribution in [0.5, 0.6) is 5.75 Å². The van der Waals surface area contributed by atoms with Crippen LogP contribution >= 0.6 is 0 Å². The van der Waals surface area contributed by atoms with Crippen LogP contribution in [-0.4, -0.2) is 29.6 Å². The molecule has 18 heavy (non-hydrogen) atoms. The topological polar surface area (TPSA) is 75.6 Å². The van der Waals surface area contributed by atoms with E-state index in [0.29, 0.717) is 0 Å². The molecule has 98 valence electrons. The summed E-state index contributed by atoms with van der Waals surface area (Å²) in [5, 5.41) is 10.9. The molecule has 1 amide bonds. The molecule has 0 aliphatic carbocycles. The number of amides is 1. The number of carboxylic acids is 1. The van der Waals surface area contributed by atoms with E-state index in [1.54, 1.807) is 6.92 Å². The summed E-state index contributed by atoms with van der Waals surface area (Å²) in [6.45, 7) is 3.18. The molecule has 0 bridgehead atoms. The molecule has 0 saturated heterocycles. The van der Waals surface area contributed by atoms with E-state index in [2.05, 4.69) is 5.32 Å². The number of benzene rings is 1. The van der Waals surface area contributed by atoms with Crippen molar-refractivity contribution >= 4 is 11.9 Å². The number of para-hydroxylation sites is 1. The number of halogens is 1. The molecule has 2 N–H and O–H groups in total. The van der Waals surface area contributed by atoms with Gasteiger partial charge in [0, 0.05) is 0 Å². The van der Waals surface area contributed by atoms with Gasteiger partial charge in [0.05, 0.1) is 12.2 Å². The predicted molar refractivity (Wildman–Crippen MR) is 62.1 cm³/mol. The van der Waals surface area contributed by atoms with Gasteiger partial charge < -0.3 is 15.2 Å². The van der Waals surface area contributed by atoms with E-state index in [0.717, 1.165) is 0 Å². The van der Waals surface area contributed by atoms with Crippen LogP contribution in [0.2, 0.25) is 0 Å². The van der Waals surface area contributed by atoms with Gasteiger partial charge in [-0.05, 0) is 26.0 Å². The van der Waals surface area contributed by atoms with Crippen molar-refractivity contribution in [2.75, 3.05) is 6.61 Å². The van der Waals surface area contributed by atoms with Gasteiger partial charge in [-0.3, -0.25) is 9.59 Å². The fourth-order valence-corrected chi connectivity index (χ4v) is 1.31. The van der Waals surface area contributed by atoms with E-state index in [1.807, 2.05) is 0 Å². The van der Waals surface area contributed by atoms with Crippen molar-refractivity contribution in [1.29, 1.82) is 0 Å². The van der Waals surface area contributed by atoms with Gasteiger partial charge >= 0.3 is 5.97 Å². The minimum atomic E-state index is -1.17. The maximum atomic E-state index is 13.5. The van der Waals surface area contributed by atoms with Gasteiger partial charge in [0.1, 0.15) is 6.04 Å². The maximum absolute atomic E-state index is 13.5. The molecule has 1 unspecified atom stereocenters. The zero-order chi connectivity index (χ0) is 13.7. The molecule has 0 aliphatic rings. The molecule has 0 radical (unpaired) electrons. The molecule has 0 fully saturated rings. The summed E-state index contributed by atoms with van der Waals surface area (Å²) in [6.07, 6.45) is 0. The summed E-state index contributed by atoms with van der Waals surface area (Å²) in [7, 11) is 0. The van der Waals surface area contributed by atoms with Crippen molar-refractivity contribution in [3.8, 4) is 5.75 Å². The number of hydrogen-bond donors (Lipinski definition) is 2. The number of nitrogens with one attached hydrogen (secondary N) is 1. The molecule has 0 heterocycles. The largest absolute Gasteiger partial charge is 0.490 e. The van der Waals surface area contributed by atoms with Crippen LogP contribution in [0.25, 0.3) is 0 Å². The molecule has 0 aliphatic heterocycles. The second-order valence-electron chi connectivity index (χ2n) is 3.58. The maximum Gasteiger partial charge on any atom is 0.325 e. The van der Waals surface area contributed by atoms with Crippen molar-refractivity contribution in [2.45, 2.75) is 19.9 Å². The fourth-order valence-electron chi connectivity index (χ4n) is 1.31. The first-order valence-corrected chi connectivity index (χ1v) is 5.42. The summed E-state index contributed by atoms with van der Waals surface area (Å²) >= 11 is 0. The summed E-state index contributed by atoms with van der Waals surface area (Å²) in [4.78, 5) is 22.4. The smallest absolute Gasteiger partial charge is 0.325 e.